The number of hydrogen-bond acceptors (Lipinski definition) is 8. The molecule has 3 fully saturated rings. The van der Waals surface area contributed by atoms with Gasteiger partial charge in [0.2, 0.25) is 17.6 Å². The summed E-state index contributed by atoms with van der Waals surface area (Å²) >= 11 is 0. The minimum atomic E-state index is -1.78. The van der Waals surface area contributed by atoms with Crippen molar-refractivity contribution in [3.63, 3.8) is 0 Å². The number of aromatic hydroxyl groups is 1. The Bertz CT molecular complexity index is 2410. The molecule has 5 aromatic rings. The van der Waals surface area contributed by atoms with Crippen LogP contribution >= 0.6 is 0 Å². The number of aryl methyl sites for hydroxylation is 1. The van der Waals surface area contributed by atoms with Crippen LogP contribution in [-0.2, 0) is 23.1 Å². The van der Waals surface area contributed by atoms with E-state index in [1.54, 1.807) is 11.6 Å². The number of fused-ring (bicyclic) bond motifs is 2. The van der Waals surface area contributed by atoms with Crippen molar-refractivity contribution in [2.75, 3.05) is 44.2 Å². The molecule has 0 radical (unpaired) electrons. The summed E-state index contributed by atoms with van der Waals surface area (Å²) in [5, 5.41) is 20.2. The number of phenolic OH excluding ortho intramolecular Hbond substituents is 1. The van der Waals surface area contributed by atoms with E-state index in [4.69, 9.17) is 5.10 Å². The number of phenols is 1. The third-order valence-electron chi connectivity index (χ3n) is 11.8. The van der Waals surface area contributed by atoms with Crippen molar-refractivity contribution in [1.82, 2.24) is 34.4 Å². The van der Waals surface area contributed by atoms with Gasteiger partial charge in [-0.1, -0.05) is 6.07 Å². The van der Waals surface area contributed by atoms with Gasteiger partial charge in [0.05, 0.1) is 28.2 Å². The summed E-state index contributed by atoms with van der Waals surface area (Å²) in [7, 11) is 1.71. The van der Waals surface area contributed by atoms with Crippen LogP contribution in [-0.4, -0.2) is 85.9 Å². The van der Waals surface area contributed by atoms with Crippen molar-refractivity contribution >= 4 is 45.3 Å². The number of aromatic nitrogens is 4. The first-order valence-electron chi connectivity index (χ1n) is 19.1. The summed E-state index contributed by atoms with van der Waals surface area (Å²) in [5.74, 6) is -7.76. The van der Waals surface area contributed by atoms with Gasteiger partial charge in [0.1, 0.15) is 6.04 Å². The number of hydrogen-bond donors (Lipinski definition) is 3. The van der Waals surface area contributed by atoms with Crippen LogP contribution in [0.4, 0.5) is 18.9 Å². The molecule has 0 bridgehead atoms. The number of anilines is 1. The highest BCUT2D eigenvalue weighted by atomic mass is 19.2. The SMILES string of the molecule is Cn1c(=O)n(C2CCC(=O)NC2=O)c2ccc(CCN3CCN(c4ccc5cn([C@H]6CC[C@H](CNC(=O)c7cc(F)c(O)c(F)c7F)CC6)nc5c4)CC3)cc21. The first kappa shape index (κ1) is 37.3. The Balaban J connectivity index is 0.822. The first-order valence-corrected chi connectivity index (χ1v) is 19.1. The molecule has 3 aliphatic rings. The molecule has 56 heavy (non-hydrogen) atoms. The van der Waals surface area contributed by atoms with Crippen LogP contribution in [0, 0.1) is 23.4 Å². The lowest BCUT2D eigenvalue weighted by atomic mass is 9.86. The van der Waals surface area contributed by atoms with Crippen LogP contribution in [0.25, 0.3) is 21.9 Å². The number of benzene rings is 3. The van der Waals surface area contributed by atoms with Crippen LogP contribution in [0.2, 0.25) is 0 Å². The Hall–Kier alpha value is -5.64. The summed E-state index contributed by atoms with van der Waals surface area (Å²) in [4.78, 5) is 54.6. The predicted octanol–water partition coefficient (Wildman–Crippen LogP) is 4.32. The second-order valence-electron chi connectivity index (χ2n) is 15.2. The topological polar surface area (TPSA) is 147 Å². The van der Waals surface area contributed by atoms with Crippen LogP contribution in [0.5, 0.6) is 5.75 Å². The number of halogens is 3. The van der Waals surface area contributed by atoms with Crippen molar-refractivity contribution in [2.24, 2.45) is 13.0 Å². The largest absolute Gasteiger partial charge is 0.503 e. The highest BCUT2D eigenvalue weighted by Crippen LogP contribution is 2.34. The van der Waals surface area contributed by atoms with Crippen LogP contribution in [0.1, 0.15) is 66.5 Å². The number of rotatable bonds is 9. The standard InChI is InChI=1S/C40H43F3N8O5/c1-47-33-18-23(4-9-31(33)51(40(47)56)32-10-11-34(52)45-39(32)55)12-13-48-14-16-49(17-15-48)27-8-5-25-22-50(46-30(25)19-27)26-6-2-24(3-7-26)21-44-38(54)28-20-29(41)37(53)36(43)35(28)42/h4-5,8-9,18-20,22,24,26,32,53H,2-3,6-7,10-17,21H2,1H3,(H,44,54)(H,45,52,55)/t24-,26-,32?. The molecule has 2 aromatic heterocycles. The number of carbonyl (C=O) groups is 3. The minimum Gasteiger partial charge on any atom is -0.503 e. The lowest BCUT2D eigenvalue weighted by molar-refractivity contribution is -0.135. The van der Waals surface area contributed by atoms with Crippen molar-refractivity contribution in [1.29, 1.82) is 0 Å². The molecule has 2 aliphatic heterocycles. The van der Waals surface area contributed by atoms with E-state index in [2.05, 4.69) is 44.8 Å². The van der Waals surface area contributed by atoms with Gasteiger partial charge in [0.25, 0.3) is 5.91 Å². The number of imide groups is 1. The van der Waals surface area contributed by atoms with Crippen molar-refractivity contribution in [3.05, 3.63) is 87.7 Å². The highest BCUT2D eigenvalue weighted by molar-refractivity contribution is 6.00. The lowest BCUT2D eigenvalue weighted by Gasteiger charge is -2.36. The van der Waals surface area contributed by atoms with Crippen LogP contribution in [0.15, 0.2) is 53.5 Å². The third kappa shape index (κ3) is 7.13. The summed E-state index contributed by atoms with van der Waals surface area (Å²) < 4.78 is 46.6. The van der Waals surface area contributed by atoms with E-state index >= 15 is 0 Å². The molecule has 8 rings (SSSR count). The van der Waals surface area contributed by atoms with E-state index in [1.165, 1.54) is 4.57 Å². The number of piperidine rings is 1. The van der Waals surface area contributed by atoms with E-state index in [-0.39, 0.29) is 36.5 Å². The number of carbonyl (C=O) groups excluding carboxylic acids is 3. The minimum absolute atomic E-state index is 0.124. The highest BCUT2D eigenvalue weighted by Gasteiger charge is 2.32. The molecule has 2 saturated heterocycles. The van der Waals surface area contributed by atoms with E-state index in [0.29, 0.717) is 18.0 Å². The molecule has 16 heteroatoms. The van der Waals surface area contributed by atoms with Gasteiger partial charge < -0.3 is 15.3 Å². The summed E-state index contributed by atoms with van der Waals surface area (Å²) in [6.07, 6.45) is 6.65. The fraction of sp³-hybridized carbons (Fsp3) is 0.425. The number of piperazine rings is 1. The number of imidazole rings is 1. The fourth-order valence-electron chi connectivity index (χ4n) is 8.41. The van der Waals surface area contributed by atoms with E-state index in [0.717, 1.165) is 92.5 Å². The summed E-state index contributed by atoms with van der Waals surface area (Å²) in [5.41, 5.74) is 3.55. The molecule has 1 unspecified atom stereocenters. The summed E-state index contributed by atoms with van der Waals surface area (Å²) in [6.45, 7) is 4.67. The van der Waals surface area contributed by atoms with Gasteiger partial charge in [-0.05, 0) is 86.4 Å². The zero-order valence-electron chi connectivity index (χ0n) is 30.9. The summed E-state index contributed by atoms with van der Waals surface area (Å²) in [6, 6.07) is 12.3. The van der Waals surface area contributed by atoms with Crippen LogP contribution in [0.3, 0.4) is 0 Å². The Kier molecular flexibility index (Phi) is 10.1. The molecule has 1 aliphatic carbocycles. The van der Waals surface area contributed by atoms with Crippen molar-refractivity contribution in [3.8, 4) is 5.75 Å². The maximum atomic E-state index is 14.1. The Labute approximate surface area is 319 Å². The quantitative estimate of drug-likeness (QED) is 0.149. The van der Waals surface area contributed by atoms with Gasteiger partial charge in [-0.25, -0.2) is 13.6 Å². The second kappa shape index (κ2) is 15.1. The molecule has 294 valence electrons. The number of nitrogens with one attached hydrogen (secondary N) is 2. The second-order valence-corrected chi connectivity index (χ2v) is 15.2. The van der Waals surface area contributed by atoms with Gasteiger partial charge in [0, 0.05) is 70.0 Å². The van der Waals surface area contributed by atoms with E-state index < -0.39 is 46.6 Å². The number of amides is 3. The molecule has 1 atom stereocenters. The molecule has 3 N–H and O–H groups in total. The zero-order chi connectivity index (χ0) is 39.2. The Morgan fingerprint density at radius 2 is 1.70 bits per heavy atom. The number of nitrogens with zero attached hydrogens (tertiary/aromatic N) is 6. The zero-order valence-corrected chi connectivity index (χ0v) is 30.9. The fourth-order valence-corrected chi connectivity index (χ4v) is 8.41. The Morgan fingerprint density at radius 1 is 0.929 bits per heavy atom. The van der Waals surface area contributed by atoms with Gasteiger partial charge >= 0.3 is 5.69 Å². The lowest BCUT2D eigenvalue weighted by Crippen LogP contribution is -2.47. The van der Waals surface area contributed by atoms with Gasteiger partial charge in [-0.15, -0.1) is 0 Å². The van der Waals surface area contributed by atoms with Crippen LogP contribution < -0.4 is 21.2 Å². The predicted molar refractivity (Wildman–Crippen MR) is 202 cm³/mol. The molecule has 3 amide bonds. The van der Waals surface area contributed by atoms with E-state index in [9.17, 15) is 37.5 Å². The van der Waals surface area contributed by atoms with Gasteiger partial charge in [-0.2, -0.15) is 9.49 Å². The average Bonchev–Trinajstić information content (AvgIpc) is 3.74. The molecular weight excluding hydrogens is 729 g/mol. The third-order valence-corrected chi connectivity index (χ3v) is 11.8. The maximum absolute atomic E-state index is 14.1. The van der Waals surface area contributed by atoms with Crippen molar-refractivity contribution in [2.45, 2.75) is 57.0 Å². The maximum Gasteiger partial charge on any atom is 0.329 e. The smallest absolute Gasteiger partial charge is 0.329 e. The first-order chi connectivity index (χ1) is 26.9. The molecule has 13 nitrogen and oxygen atoms in total. The monoisotopic (exact) mass is 772 g/mol. The van der Waals surface area contributed by atoms with Crippen molar-refractivity contribution < 1.29 is 32.7 Å². The molecule has 3 aromatic carbocycles. The Morgan fingerprint density at radius 3 is 2.45 bits per heavy atom. The van der Waals surface area contributed by atoms with Gasteiger partial charge in [-0.3, -0.25) is 38.4 Å². The van der Waals surface area contributed by atoms with E-state index in [1.807, 2.05) is 22.9 Å². The molecule has 1 saturated carbocycles. The molecular formula is C40H43F3N8O5. The average molecular weight is 773 g/mol. The van der Waals surface area contributed by atoms with Gasteiger partial charge in [0.15, 0.2) is 17.4 Å². The molecule has 0 spiro atoms. The molecule has 4 heterocycles. The normalized spacial score (nSPS) is 20.9.